The number of epoxide rings is 1. The van der Waals surface area contributed by atoms with E-state index in [0.29, 0.717) is 17.7 Å². The number of ether oxygens (including phenoxy) is 1. The molecule has 0 radical (unpaired) electrons. The van der Waals surface area contributed by atoms with Crippen LogP contribution in [0, 0.1) is 17.6 Å². The fourth-order valence-electron chi connectivity index (χ4n) is 3.63. The number of hydrogen-bond acceptors (Lipinski definition) is 1. The first-order valence-corrected chi connectivity index (χ1v) is 8.30. The number of benzene rings is 1. The molecule has 0 N–H and O–H groups in total. The molecule has 0 aromatic heterocycles. The van der Waals surface area contributed by atoms with Gasteiger partial charge in [0.1, 0.15) is 6.10 Å². The van der Waals surface area contributed by atoms with Gasteiger partial charge in [0, 0.05) is 5.56 Å². The van der Waals surface area contributed by atoms with Gasteiger partial charge in [0.25, 0.3) is 0 Å². The molecule has 116 valence electrons. The van der Waals surface area contributed by atoms with E-state index in [1.807, 2.05) is 0 Å². The van der Waals surface area contributed by atoms with Gasteiger partial charge in [0.05, 0.1) is 6.61 Å². The molecule has 21 heavy (non-hydrogen) atoms. The van der Waals surface area contributed by atoms with Crippen LogP contribution in [-0.2, 0) is 4.74 Å². The van der Waals surface area contributed by atoms with Crippen LogP contribution in [0.3, 0.4) is 0 Å². The summed E-state index contributed by atoms with van der Waals surface area (Å²) >= 11 is 0. The average molecular weight is 294 g/mol. The van der Waals surface area contributed by atoms with Gasteiger partial charge in [-0.2, -0.15) is 0 Å². The molecule has 2 aliphatic rings. The van der Waals surface area contributed by atoms with E-state index in [1.54, 1.807) is 12.1 Å². The SMILES string of the molecule is CCCCC1CCC(c2ccc(C3CO3)c(F)c2F)CC1. The van der Waals surface area contributed by atoms with E-state index in [1.165, 1.54) is 19.3 Å². The molecule has 1 atom stereocenters. The lowest BCUT2D eigenvalue weighted by molar-refractivity contribution is 0.299. The largest absolute Gasteiger partial charge is 0.368 e. The van der Waals surface area contributed by atoms with Crippen molar-refractivity contribution in [3.63, 3.8) is 0 Å². The highest BCUT2D eigenvalue weighted by atomic mass is 19.2. The molecule has 2 fully saturated rings. The van der Waals surface area contributed by atoms with Crippen molar-refractivity contribution in [3.8, 4) is 0 Å². The molecule has 0 spiro atoms. The Hall–Kier alpha value is -0.960. The molecule has 1 saturated carbocycles. The topological polar surface area (TPSA) is 12.5 Å². The number of halogens is 2. The van der Waals surface area contributed by atoms with Crippen LogP contribution in [0.25, 0.3) is 0 Å². The van der Waals surface area contributed by atoms with Crippen molar-refractivity contribution in [1.82, 2.24) is 0 Å². The third-order valence-corrected chi connectivity index (χ3v) is 5.07. The van der Waals surface area contributed by atoms with E-state index in [9.17, 15) is 8.78 Å². The third kappa shape index (κ3) is 3.28. The summed E-state index contributed by atoms with van der Waals surface area (Å²) in [5.41, 5.74) is 0.957. The minimum atomic E-state index is -0.692. The molecule has 0 amide bonds. The summed E-state index contributed by atoms with van der Waals surface area (Å²) in [6.45, 7) is 2.73. The van der Waals surface area contributed by atoms with Gasteiger partial charge in [0.15, 0.2) is 11.6 Å². The van der Waals surface area contributed by atoms with Crippen LogP contribution in [0.2, 0.25) is 0 Å². The lowest BCUT2D eigenvalue weighted by atomic mass is 9.77. The molecule has 1 aromatic carbocycles. The van der Waals surface area contributed by atoms with E-state index in [2.05, 4.69) is 6.92 Å². The van der Waals surface area contributed by atoms with Gasteiger partial charge >= 0.3 is 0 Å². The second-order valence-electron chi connectivity index (χ2n) is 6.55. The smallest absolute Gasteiger partial charge is 0.165 e. The second-order valence-corrected chi connectivity index (χ2v) is 6.55. The standard InChI is InChI=1S/C18H24F2O/c1-2-3-4-12-5-7-13(8-6-12)14-9-10-15(16-11-21-16)18(20)17(14)19/h9-10,12-13,16H,2-8,11H2,1H3. The fourth-order valence-corrected chi connectivity index (χ4v) is 3.63. The molecule has 1 aromatic rings. The Morgan fingerprint density at radius 2 is 1.67 bits per heavy atom. The van der Waals surface area contributed by atoms with Crippen molar-refractivity contribution in [1.29, 1.82) is 0 Å². The van der Waals surface area contributed by atoms with Crippen LogP contribution < -0.4 is 0 Å². The molecule has 1 nitrogen and oxygen atoms in total. The van der Waals surface area contributed by atoms with Gasteiger partial charge in [-0.1, -0.05) is 38.3 Å². The Morgan fingerprint density at radius 3 is 2.29 bits per heavy atom. The number of hydrogen-bond donors (Lipinski definition) is 0. The summed E-state index contributed by atoms with van der Waals surface area (Å²) in [4.78, 5) is 0. The Bertz CT molecular complexity index is 488. The predicted octanol–water partition coefficient (Wildman–Crippen LogP) is 5.50. The van der Waals surface area contributed by atoms with Crippen LogP contribution in [-0.4, -0.2) is 6.61 Å². The quantitative estimate of drug-likeness (QED) is 0.653. The van der Waals surface area contributed by atoms with E-state index >= 15 is 0 Å². The van der Waals surface area contributed by atoms with Crippen molar-refractivity contribution < 1.29 is 13.5 Å². The summed E-state index contributed by atoms with van der Waals surface area (Å²) < 4.78 is 33.5. The first kappa shape index (κ1) is 15.0. The Labute approximate surface area is 125 Å². The van der Waals surface area contributed by atoms with E-state index < -0.39 is 11.6 Å². The summed E-state index contributed by atoms with van der Waals surface area (Å²) in [6, 6.07) is 3.50. The van der Waals surface area contributed by atoms with Crippen LogP contribution in [0.15, 0.2) is 12.1 Å². The molecule has 1 aliphatic heterocycles. The van der Waals surface area contributed by atoms with Gasteiger partial charge in [-0.15, -0.1) is 0 Å². The van der Waals surface area contributed by atoms with Gasteiger partial charge in [-0.3, -0.25) is 0 Å². The highest BCUT2D eigenvalue weighted by molar-refractivity contribution is 5.32. The molecule has 1 unspecified atom stereocenters. The number of rotatable bonds is 5. The van der Waals surface area contributed by atoms with Gasteiger partial charge in [0.2, 0.25) is 0 Å². The summed E-state index contributed by atoms with van der Waals surface area (Å²) in [5.74, 6) is -0.358. The van der Waals surface area contributed by atoms with E-state index in [-0.39, 0.29) is 12.0 Å². The Balaban J connectivity index is 1.66. The first-order valence-electron chi connectivity index (χ1n) is 8.30. The molecular formula is C18H24F2O. The van der Waals surface area contributed by atoms with Crippen molar-refractivity contribution in [2.45, 2.75) is 63.9 Å². The van der Waals surface area contributed by atoms with Gasteiger partial charge in [-0.05, 0) is 43.1 Å². The third-order valence-electron chi connectivity index (χ3n) is 5.07. The summed E-state index contributed by atoms with van der Waals surface area (Å²) in [6.07, 6.45) is 7.88. The normalized spacial score (nSPS) is 28.6. The average Bonchev–Trinajstić information content (AvgIpc) is 3.33. The molecule has 1 aliphatic carbocycles. The lowest BCUT2D eigenvalue weighted by Crippen LogP contribution is -2.15. The Kier molecular flexibility index (Phi) is 4.58. The highest BCUT2D eigenvalue weighted by Crippen LogP contribution is 2.41. The van der Waals surface area contributed by atoms with Crippen LogP contribution in [0.1, 0.15) is 75.0 Å². The second kappa shape index (κ2) is 6.43. The first-order chi connectivity index (χ1) is 10.2. The van der Waals surface area contributed by atoms with Crippen LogP contribution in [0.5, 0.6) is 0 Å². The zero-order valence-electron chi connectivity index (χ0n) is 12.7. The molecule has 0 bridgehead atoms. The zero-order chi connectivity index (χ0) is 14.8. The van der Waals surface area contributed by atoms with Crippen molar-refractivity contribution in [2.24, 2.45) is 5.92 Å². The Morgan fingerprint density at radius 1 is 1.05 bits per heavy atom. The summed E-state index contributed by atoms with van der Waals surface area (Å²) in [5, 5.41) is 0. The summed E-state index contributed by atoms with van der Waals surface area (Å²) in [7, 11) is 0. The van der Waals surface area contributed by atoms with E-state index in [4.69, 9.17) is 4.74 Å². The molecule has 3 heteroatoms. The monoisotopic (exact) mass is 294 g/mol. The fraction of sp³-hybridized carbons (Fsp3) is 0.667. The zero-order valence-corrected chi connectivity index (χ0v) is 12.7. The van der Waals surface area contributed by atoms with Gasteiger partial charge in [-0.25, -0.2) is 8.78 Å². The van der Waals surface area contributed by atoms with Crippen molar-refractivity contribution in [2.75, 3.05) is 6.61 Å². The molecule has 1 saturated heterocycles. The van der Waals surface area contributed by atoms with Crippen molar-refractivity contribution in [3.05, 3.63) is 34.9 Å². The lowest BCUT2D eigenvalue weighted by Gasteiger charge is -2.29. The maximum Gasteiger partial charge on any atom is 0.165 e. The van der Waals surface area contributed by atoms with Crippen LogP contribution >= 0.6 is 0 Å². The molecular weight excluding hydrogens is 270 g/mol. The minimum absolute atomic E-state index is 0.187. The highest BCUT2D eigenvalue weighted by Gasteiger charge is 2.32. The minimum Gasteiger partial charge on any atom is -0.368 e. The van der Waals surface area contributed by atoms with E-state index in [0.717, 1.165) is 31.6 Å². The van der Waals surface area contributed by atoms with Crippen molar-refractivity contribution >= 4 is 0 Å². The predicted molar refractivity (Wildman–Crippen MR) is 79.3 cm³/mol. The molecule has 3 rings (SSSR count). The maximum atomic E-state index is 14.3. The van der Waals surface area contributed by atoms with Gasteiger partial charge < -0.3 is 4.74 Å². The van der Waals surface area contributed by atoms with Crippen LogP contribution in [0.4, 0.5) is 8.78 Å². The molecule has 1 heterocycles. The maximum absolute atomic E-state index is 14.3. The number of unbranched alkanes of at least 4 members (excludes halogenated alkanes) is 1.